The van der Waals surface area contributed by atoms with Crippen LogP contribution in [0.25, 0.3) is 33.0 Å². The second-order valence-electron chi connectivity index (χ2n) is 7.78. The van der Waals surface area contributed by atoms with Gasteiger partial charge in [0.1, 0.15) is 16.3 Å². The maximum atomic E-state index is 12.9. The Morgan fingerprint density at radius 3 is 2.38 bits per heavy atom. The van der Waals surface area contributed by atoms with Crippen molar-refractivity contribution in [2.45, 2.75) is 12.1 Å². The lowest BCUT2D eigenvalue weighted by molar-refractivity contribution is -0.113. The van der Waals surface area contributed by atoms with Crippen LogP contribution in [0.1, 0.15) is 17.3 Å². The molecule has 3 heterocycles. The summed E-state index contributed by atoms with van der Waals surface area (Å²) in [6, 6.07) is 23.4. The number of carbonyl (C=O) groups excluding carboxylic acids is 2. The minimum absolute atomic E-state index is 0.0669. The summed E-state index contributed by atoms with van der Waals surface area (Å²) in [6.45, 7) is 2.01. The number of thiophene rings is 2. The molecular weight excluding hydrogens is 525 g/mol. The summed E-state index contributed by atoms with van der Waals surface area (Å²) in [5.74, 6) is -0.00546. The van der Waals surface area contributed by atoms with Crippen molar-refractivity contribution in [3.8, 4) is 33.0 Å². The Labute approximate surface area is 226 Å². The van der Waals surface area contributed by atoms with Crippen LogP contribution in [-0.2, 0) is 9.53 Å². The molecule has 0 aliphatic carbocycles. The van der Waals surface area contributed by atoms with Crippen molar-refractivity contribution in [3.63, 3.8) is 0 Å². The van der Waals surface area contributed by atoms with E-state index in [4.69, 9.17) is 9.15 Å². The molecule has 5 rings (SSSR count). The fraction of sp³-hybridized carbons (Fsp3) is 0.107. The zero-order valence-corrected chi connectivity index (χ0v) is 22.3. The Bertz CT molecular complexity index is 1440. The number of nitrogens with one attached hydrogen (secondary N) is 1. The van der Waals surface area contributed by atoms with Gasteiger partial charge in [0.05, 0.1) is 12.4 Å². The van der Waals surface area contributed by atoms with Crippen molar-refractivity contribution in [1.82, 2.24) is 4.98 Å². The summed E-state index contributed by atoms with van der Waals surface area (Å²) in [5, 5.41) is 7.55. The van der Waals surface area contributed by atoms with Crippen LogP contribution in [0, 0.1) is 0 Å². The number of carbonyl (C=O) groups is 2. The molecular formula is C28H22N2O4S3. The molecule has 0 unspecified atom stereocenters. The number of hydrogen-bond donors (Lipinski definition) is 1. The molecule has 6 nitrogen and oxygen atoms in total. The topological polar surface area (TPSA) is 81.4 Å². The zero-order valence-electron chi connectivity index (χ0n) is 19.8. The van der Waals surface area contributed by atoms with E-state index in [2.05, 4.69) is 10.3 Å². The first kappa shape index (κ1) is 25.0. The van der Waals surface area contributed by atoms with E-state index < -0.39 is 5.97 Å². The molecule has 9 heteroatoms. The van der Waals surface area contributed by atoms with E-state index in [1.807, 2.05) is 83.6 Å². The van der Waals surface area contributed by atoms with Crippen molar-refractivity contribution < 1.29 is 18.7 Å². The fourth-order valence-electron chi connectivity index (χ4n) is 3.70. The van der Waals surface area contributed by atoms with Gasteiger partial charge in [-0.05, 0) is 18.4 Å². The number of oxazole rings is 1. The van der Waals surface area contributed by atoms with E-state index >= 15 is 0 Å². The molecule has 0 saturated carbocycles. The Morgan fingerprint density at radius 1 is 0.973 bits per heavy atom. The van der Waals surface area contributed by atoms with Gasteiger partial charge in [0.15, 0.2) is 5.76 Å². The number of nitrogens with zero attached hydrogens (tertiary/aromatic N) is 1. The average Bonchev–Trinajstić information content (AvgIpc) is 3.68. The zero-order chi connectivity index (χ0) is 25.6. The van der Waals surface area contributed by atoms with Gasteiger partial charge in [-0.1, -0.05) is 78.5 Å². The number of rotatable bonds is 9. The van der Waals surface area contributed by atoms with Gasteiger partial charge in [-0.25, -0.2) is 9.78 Å². The second-order valence-corrected chi connectivity index (χ2v) is 10.5. The molecule has 0 bridgehead atoms. The fourth-order valence-corrected chi connectivity index (χ4v) is 6.11. The molecule has 0 fully saturated rings. The number of thioether (sulfide) groups is 1. The van der Waals surface area contributed by atoms with Crippen molar-refractivity contribution in [2.24, 2.45) is 0 Å². The van der Waals surface area contributed by atoms with Crippen LogP contribution in [0.15, 0.2) is 93.2 Å². The number of benzene rings is 2. The van der Waals surface area contributed by atoms with Gasteiger partial charge in [0.25, 0.3) is 5.22 Å². The lowest BCUT2D eigenvalue weighted by atomic mass is 10.1. The summed E-state index contributed by atoms with van der Waals surface area (Å²) in [5.41, 5.74) is 3.69. The summed E-state index contributed by atoms with van der Waals surface area (Å²) in [4.78, 5) is 31.3. The van der Waals surface area contributed by atoms with Crippen LogP contribution in [0.3, 0.4) is 0 Å². The predicted molar refractivity (Wildman–Crippen MR) is 150 cm³/mol. The highest BCUT2D eigenvalue weighted by Gasteiger charge is 2.24. The van der Waals surface area contributed by atoms with Gasteiger partial charge in [-0.2, -0.15) is 0 Å². The summed E-state index contributed by atoms with van der Waals surface area (Å²) in [6.07, 6.45) is 0. The number of esters is 1. The van der Waals surface area contributed by atoms with Gasteiger partial charge in [-0.15, -0.1) is 22.7 Å². The molecule has 0 saturated heterocycles. The second kappa shape index (κ2) is 11.6. The van der Waals surface area contributed by atoms with Crippen LogP contribution in [0.4, 0.5) is 5.00 Å². The number of ether oxygens (including phenoxy) is 1. The minimum Gasteiger partial charge on any atom is -0.462 e. The van der Waals surface area contributed by atoms with E-state index in [0.717, 1.165) is 27.3 Å². The standard InChI is InChI=1S/C28H22N2O4S3/c1-2-33-27(32)23-20(21-14-9-15-35-21)16-36-26(23)29-22(31)17-37-28-30-24(18-10-5-3-6-11-18)25(34-28)19-12-7-4-8-13-19/h3-16H,2,17H2,1H3,(H,29,31). The Morgan fingerprint density at radius 2 is 1.70 bits per heavy atom. The third kappa shape index (κ3) is 5.69. The molecule has 1 amide bonds. The van der Waals surface area contributed by atoms with Crippen molar-refractivity contribution in [2.75, 3.05) is 17.7 Å². The lowest BCUT2D eigenvalue weighted by Crippen LogP contribution is -2.16. The van der Waals surface area contributed by atoms with Crippen LogP contribution < -0.4 is 5.32 Å². The molecule has 3 aromatic heterocycles. The number of hydrogen-bond acceptors (Lipinski definition) is 8. The molecule has 2 aromatic carbocycles. The van der Waals surface area contributed by atoms with E-state index in [1.165, 1.54) is 34.4 Å². The average molecular weight is 547 g/mol. The molecule has 1 N–H and O–H groups in total. The molecule has 5 aromatic rings. The van der Waals surface area contributed by atoms with E-state index in [1.54, 1.807) is 6.92 Å². The van der Waals surface area contributed by atoms with E-state index in [0.29, 0.717) is 21.5 Å². The summed E-state index contributed by atoms with van der Waals surface area (Å²) < 4.78 is 11.4. The minimum atomic E-state index is -0.456. The first-order chi connectivity index (χ1) is 18.1. The van der Waals surface area contributed by atoms with Gasteiger partial charge in [0, 0.05) is 26.9 Å². The van der Waals surface area contributed by atoms with Crippen LogP contribution >= 0.6 is 34.4 Å². The highest BCUT2D eigenvalue weighted by Crippen LogP contribution is 2.39. The van der Waals surface area contributed by atoms with E-state index in [-0.39, 0.29) is 18.3 Å². The number of amides is 1. The van der Waals surface area contributed by atoms with Gasteiger partial charge >= 0.3 is 5.97 Å². The number of anilines is 1. The molecule has 0 radical (unpaired) electrons. The smallest absolute Gasteiger partial charge is 0.341 e. The largest absolute Gasteiger partial charge is 0.462 e. The van der Waals surface area contributed by atoms with Gasteiger partial charge in [-0.3, -0.25) is 4.79 Å². The molecule has 0 aliphatic rings. The third-order valence-corrected chi connectivity index (χ3v) is 7.95. The molecule has 0 atom stereocenters. The van der Waals surface area contributed by atoms with Crippen molar-refractivity contribution in [3.05, 3.63) is 89.1 Å². The van der Waals surface area contributed by atoms with Gasteiger partial charge < -0.3 is 14.5 Å². The maximum absolute atomic E-state index is 12.9. The van der Waals surface area contributed by atoms with Crippen molar-refractivity contribution in [1.29, 1.82) is 0 Å². The Balaban J connectivity index is 1.35. The normalized spacial score (nSPS) is 10.8. The van der Waals surface area contributed by atoms with Gasteiger partial charge in [0.2, 0.25) is 5.91 Å². The first-order valence-corrected chi connectivity index (χ1v) is 14.2. The maximum Gasteiger partial charge on any atom is 0.341 e. The highest BCUT2D eigenvalue weighted by atomic mass is 32.2. The molecule has 0 spiro atoms. The van der Waals surface area contributed by atoms with Crippen molar-refractivity contribution >= 4 is 51.3 Å². The summed E-state index contributed by atoms with van der Waals surface area (Å²) in [7, 11) is 0. The highest BCUT2D eigenvalue weighted by molar-refractivity contribution is 7.99. The molecule has 186 valence electrons. The third-order valence-electron chi connectivity index (χ3n) is 5.33. The van der Waals surface area contributed by atoms with E-state index in [9.17, 15) is 9.59 Å². The molecule has 0 aliphatic heterocycles. The summed E-state index contributed by atoms with van der Waals surface area (Å²) >= 11 is 4.03. The first-order valence-electron chi connectivity index (χ1n) is 11.5. The Hall–Kier alpha value is -3.66. The van der Waals surface area contributed by atoms with Crippen LogP contribution in [0.2, 0.25) is 0 Å². The quantitative estimate of drug-likeness (QED) is 0.151. The lowest BCUT2D eigenvalue weighted by Gasteiger charge is -2.07. The SMILES string of the molecule is CCOC(=O)c1c(-c2cccs2)csc1NC(=O)CSc1nc(-c2ccccc2)c(-c2ccccc2)o1. The Kier molecular flexibility index (Phi) is 7.84. The number of aromatic nitrogens is 1. The monoisotopic (exact) mass is 546 g/mol. The predicted octanol–water partition coefficient (Wildman–Crippen LogP) is 7.71. The van der Waals surface area contributed by atoms with Crippen LogP contribution in [-0.4, -0.2) is 29.2 Å². The van der Waals surface area contributed by atoms with Crippen LogP contribution in [0.5, 0.6) is 0 Å². The molecule has 37 heavy (non-hydrogen) atoms.